The average molecular weight is 268 g/mol. The molecule has 1 heterocycles. The van der Waals surface area contributed by atoms with E-state index in [-0.39, 0.29) is 11.0 Å². The quantitative estimate of drug-likeness (QED) is 0.875. The highest BCUT2D eigenvalue weighted by molar-refractivity contribution is 6.32. The topological polar surface area (TPSA) is 21.3 Å². The summed E-state index contributed by atoms with van der Waals surface area (Å²) in [6.07, 6.45) is 2.36. The van der Waals surface area contributed by atoms with Gasteiger partial charge in [0.1, 0.15) is 5.75 Å². The van der Waals surface area contributed by atoms with Gasteiger partial charge in [0.15, 0.2) is 0 Å². The predicted octanol–water partition coefficient (Wildman–Crippen LogP) is 3.97. The molecule has 2 rings (SSSR count). The fraction of sp³-hybridized carbons (Fsp3) is 0.600. The van der Waals surface area contributed by atoms with E-state index in [1.165, 1.54) is 12.0 Å². The summed E-state index contributed by atoms with van der Waals surface area (Å²) < 4.78 is 5.34. The van der Waals surface area contributed by atoms with E-state index < -0.39 is 0 Å². The largest absolute Gasteiger partial charge is 0.495 e. The molecule has 0 aromatic heterocycles. The predicted molar refractivity (Wildman–Crippen MR) is 76.4 cm³/mol. The molecule has 0 saturated carbocycles. The molecule has 1 unspecified atom stereocenters. The Kier molecular flexibility index (Phi) is 3.61. The van der Waals surface area contributed by atoms with Crippen LogP contribution in [0.5, 0.6) is 5.75 Å². The summed E-state index contributed by atoms with van der Waals surface area (Å²) >= 11 is 6.12. The minimum Gasteiger partial charge on any atom is -0.495 e. The third-order valence-corrected chi connectivity index (χ3v) is 4.39. The Balaban J connectivity index is 2.50. The number of methoxy groups -OCH3 is 1. The first-order valence-electron chi connectivity index (χ1n) is 6.50. The van der Waals surface area contributed by atoms with Crippen LogP contribution < -0.4 is 10.1 Å². The summed E-state index contributed by atoms with van der Waals surface area (Å²) in [4.78, 5) is 0. The van der Waals surface area contributed by atoms with Crippen molar-refractivity contribution in [2.75, 3.05) is 13.7 Å². The van der Waals surface area contributed by atoms with E-state index in [0.717, 1.165) is 18.7 Å². The van der Waals surface area contributed by atoms with Crippen LogP contribution in [0.15, 0.2) is 18.2 Å². The van der Waals surface area contributed by atoms with Crippen LogP contribution in [0.4, 0.5) is 0 Å². The molecular formula is C15H22ClNO. The number of rotatable bonds is 2. The Morgan fingerprint density at radius 3 is 2.56 bits per heavy atom. The van der Waals surface area contributed by atoms with Gasteiger partial charge in [-0.25, -0.2) is 0 Å². The maximum atomic E-state index is 6.12. The molecule has 100 valence electrons. The Morgan fingerprint density at radius 2 is 2.06 bits per heavy atom. The molecule has 1 aliphatic rings. The fourth-order valence-corrected chi connectivity index (χ4v) is 3.18. The van der Waals surface area contributed by atoms with Crippen molar-refractivity contribution in [3.63, 3.8) is 0 Å². The van der Waals surface area contributed by atoms with Crippen LogP contribution >= 0.6 is 11.6 Å². The molecule has 1 aromatic carbocycles. The summed E-state index contributed by atoms with van der Waals surface area (Å²) in [7, 11) is 1.66. The second kappa shape index (κ2) is 4.75. The second-order valence-corrected chi connectivity index (χ2v) is 6.44. The molecule has 0 spiro atoms. The summed E-state index contributed by atoms with van der Waals surface area (Å²) in [6, 6.07) is 6.13. The van der Waals surface area contributed by atoms with Crippen molar-refractivity contribution in [3.8, 4) is 5.75 Å². The highest BCUT2D eigenvalue weighted by Crippen LogP contribution is 2.46. The zero-order valence-corrected chi connectivity index (χ0v) is 12.4. The molecule has 0 amide bonds. The van der Waals surface area contributed by atoms with Gasteiger partial charge in [-0.05, 0) is 42.5 Å². The molecular weight excluding hydrogens is 246 g/mol. The van der Waals surface area contributed by atoms with Crippen molar-refractivity contribution >= 4 is 11.6 Å². The van der Waals surface area contributed by atoms with Gasteiger partial charge in [0.25, 0.3) is 0 Å². The zero-order chi connectivity index (χ0) is 13.4. The molecule has 3 heteroatoms. The molecule has 1 atom stereocenters. The highest BCUT2D eigenvalue weighted by atomic mass is 35.5. The molecule has 0 aliphatic carbocycles. The van der Waals surface area contributed by atoms with Gasteiger partial charge in [-0.15, -0.1) is 0 Å². The lowest BCUT2D eigenvalue weighted by Gasteiger charge is -2.43. The van der Waals surface area contributed by atoms with Crippen LogP contribution in [0.1, 0.15) is 39.2 Å². The van der Waals surface area contributed by atoms with Gasteiger partial charge in [0.05, 0.1) is 12.1 Å². The molecule has 2 nitrogen and oxygen atoms in total. The number of benzene rings is 1. The van der Waals surface area contributed by atoms with Crippen LogP contribution in [-0.4, -0.2) is 13.7 Å². The van der Waals surface area contributed by atoms with Crippen LogP contribution in [0, 0.1) is 5.41 Å². The Labute approximate surface area is 115 Å². The summed E-state index contributed by atoms with van der Waals surface area (Å²) in [5, 5.41) is 4.37. The number of nitrogens with one attached hydrogen (secondary N) is 1. The molecule has 1 fully saturated rings. The van der Waals surface area contributed by atoms with Gasteiger partial charge in [-0.3, -0.25) is 0 Å². The summed E-state index contributed by atoms with van der Waals surface area (Å²) in [5.74, 6) is 0.756. The third kappa shape index (κ3) is 2.12. The van der Waals surface area contributed by atoms with Gasteiger partial charge in [-0.2, -0.15) is 0 Å². The summed E-state index contributed by atoms with van der Waals surface area (Å²) in [5.41, 5.74) is 1.45. The first-order chi connectivity index (χ1) is 8.40. The van der Waals surface area contributed by atoms with E-state index in [1.807, 2.05) is 6.07 Å². The smallest absolute Gasteiger partial charge is 0.137 e. The highest BCUT2D eigenvalue weighted by Gasteiger charge is 2.45. The molecule has 0 radical (unpaired) electrons. The monoisotopic (exact) mass is 267 g/mol. The normalized spacial score (nSPS) is 24.3. The van der Waals surface area contributed by atoms with Crippen LogP contribution in [0.3, 0.4) is 0 Å². The van der Waals surface area contributed by atoms with Gasteiger partial charge in [0, 0.05) is 5.54 Å². The average Bonchev–Trinajstić information content (AvgIpc) is 2.79. The minimum absolute atomic E-state index is 0.0187. The first-order valence-corrected chi connectivity index (χ1v) is 6.87. The molecule has 1 aromatic rings. The maximum Gasteiger partial charge on any atom is 0.137 e. The molecule has 18 heavy (non-hydrogen) atoms. The Morgan fingerprint density at radius 1 is 1.33 bits per heavy atom. The van der Waals surface area contributed by atoms with Crippen molar-refractivity contribution in [1.29, 1.82) is 0 Å². The zero-order valence-electron chi connectivity index (χ0n) is 11.6. The van der Waals surface area contributed by atoms with Gasteiger partial charge >= 0.3 is 0 Å². The van der Waals surface area contributed by atoms with Crippen molar-refractivity contribution in [3.05, 3.63) is 28.8 Å². The fourth-order valence-electron chi connectivity index (χ4n) is 2.99. The van der Waals surface area contributed by atoms with E-state index in [2.05, 4.69) is 38.2 Å². The van der Waals surface area contributed by atoms with Crippen LogP contribution in [0.25, 0.3) is 0 Å². The SMILES string of the molecule is COc1cc(C2(C(C)(C)C)CCCN2)ccc1Cl. The van der Waals surface area contributed by atoms with Crippen molar-refractivity contribution in [2.45, 2.75) is 39.2 Å². The first kappa shape index (κ1) is 13.7. The van der Waals surface area contributed by atoms with E-state index in [9.17, 15) is 0 Å². The summed E-state index contributed by atoms with van der Waals surface area (Å²) in [6.45, 7) is 7.92. The second-order valence-electron chi connectivity index (χ2n) is 6.03. The molecule has 1 saturated heterocycles. The van der Waals surface area contributed by atoms with E-state index in [0.29, 0.717) is 5.02 Å². The number of halogens is 1. The lowest BCUT2D eigenvalue weighted by atomic mass is 9.68. The van der Waals surface area contributed by atoms with Crippen molar-refractivity contribution < 1.29 is 4.74 Å². The maximum absolute atomic E-state index is 6.12. The van der Waals surface area contributed by atoms with Crippen molar-refractivity contribution in [2.24, 2.45) is 5.41 Å². The van der Waals surface area contributed by atoms with Gasteiger partial charge in [0.2, 0.25) is 0 Å². The van der Waals surface area contributed by atoms with Crippen LogP contribution in [-0.2, 0) is 5.54 Å². The number of hydrogen-bond donors (Lipinski definition) is 1. The van der Waals surface area contributed by atoms with E-state index in [1.54, 1.807) is 7.11 Å². The van der Waals surface area contributed by atoms with Crippen LogP contribution in [0.2, 0.25) is 5.02 Å². The Bertz CT molecular complexity index is 431. The van der Waals surface area contributed by atoms with Gasteiger partial charge < -0.3 is 10.1 Å². The molecule has 1 N–H and O–H groups in total. The number of ether oxygens (including phenoxy) is 1. The van der Waals surface area contributed by atoms with Crippen molar-refractivity contribution in [1.82, 2.24) is 5.32 Å². The van der Waals surface area contributed by atoms with E-state index >= 15 is 0 Å². The van der Waals surface area contributed by atoms with Gasteiger partial charge in [-0.1, -0.05) is 38.4 Å². The lowest BCUT2D eigenvalue weighted by Crippen LogP contribution is -2.48. The lowest BCUT2D eigenvalue weighted by molar-refractivity contribution is 0.160. The van der Waals surface area contributed by atoms with E-state index in [4.69, 9.17) is 16.3 Å². The standard InChI is InChI=1S/C15H22ClNO/c1-14(2,3)15(8-5-9-17-15)11-6-7-12(16)13(10-11)18-4/h6-7,10,17H,5,8-9H2,1-4H3. The minimum atomic E-state index is 0.0187. The molecule has 1 aliphatic heterocycles. The third-order valence-electron chi connectivity index (χ3n) is 4.08. The Hall–Kier alpha value is -0.730. The molecule has 0 bridgehead atoms. The number of hydrogen-bond acceptors (Lipinski definition) is 2.